The first-order chi connectivity index (χ1) is 12.6. The monoisotopic (exact) mass is 354 g/mol. The molecule has 0 atom stereocenters. The maximum atomic E-state index is 12.5. The molecule has 2 aromatic rings. The Bertz CT molecular complexity index is 805. The van der Waals surface area contributed by atoms with Crippen molar-refractivity contribution in [1.29, 1.82) is 0 Å². The molecule has 0 radical (unpaired) electrons. The van der Waals surface area contributed by atoms with Crippen molar-refractivity contribution >= 4 is 17.5 Å². The topological polar surface area (TPSA) is 67.9 Å². The molecular weight excluding hydrogens is 332 g/mol. The van der Waals surface area contributed by atoms with E-state index < -0.39 is 0 Å². The number of ether oxygens (including phenoxy) is 2. The zero-order valence-electron chi connectivity index (χ0n) is 15.0. The molecule has 6 nitrogen and oxygen atoms in total. The molecular formula is C20H22N2O4. The number of amides is 2. The van der Waals surface area contributed by atoms with Gasteiger partial charge in [-0.2, -0.15) is 0 Å². The maximum Gasteiger partial charge on any atom is 0.233 e. The van der Waals surface area contributed by atoms with Gasteiger partial charge in [-0.1, -0.05) is 18.2 Å². The van der Waals surface area contributed by atoms with Crippen LogP contribution in [0.1, 0.15) is 17.5 Å². The van der Waals surface area contributed by atoms with E-state index >= 15 is 0 Å². The van der Waals surface area contributed by atoms with E-state index in [0.29, 0.717) is 30.3 Å². The fourth-order valence-corrected chi connectivity index (χ4v) is 3.07. The fraction of sp³-hybridized carbons (Fsp3) is 0.300. The highest BCUT2D eigenvalue weighted by atomic mass is 16.5. The molecule has 0 aromatic heterocycles. The van der Waals surface area contributed by atoms with Crippen molar-refractivity contribution in [3.05, 3.63) is 53.6 Å². The van der Waals surface area contributed by atoms with E-state index in [4.69, 9.17) is 9.47 Å². The van der Waals surface area contributed by atoms with E-state index in [-0.39, 0.29) is 18.2 Å². The van der Waals surface area contributed by atoms with Gasteiger partial charge in [0.15, 0.2) is 11.5 Å². The molecule has 1 N–H and O–H groups in total. The lowest BCUT2D eigenvalue weighted by Gasteiger charge is -2.29. The summed E-state index contributed by atoms with van der Waals surface area (Å²) in [6.07, 6.45) is 0.555. The van der Waals surface area contributed by atoms with Gasteiger partial charge >= 0.3 is 0 Å². The van der Waals surface area contributed by atoms with E-state index in [1.54, 1.807) is 31.3 Å². The number of rotatable bonds is 5. The Balaban J connectivity index is 1.64. The van der Waals surface area contributed by atoms with Crippen molar-refractivity contribution in [2.75, 3.05) is 26.1 Å². The highest BCUT2D eigenvalue weighted by Crippen LogP contribution is 2.33. The molecule has 6 heteroatoms. The second kappa shape index (κ2) is 7.91. The van der Waals surface area contributed by atoms with Gasteiger partial charge in [-0.3, -0.25) is 9.59 Å². The van der Waals surface area contributed by atoms with Crippen LogP contribution in [0, 0.1) is 0 Å². The highest BCUT2D eigenvalue weighted by Gasteiger charge is 2.24. The number of methoxy groups -OCH3 is 2. The minimum absolute atomic E-state index is 0.169. The first-order valence-electron chi connectivity index (χ1n) is 8.47. The number of carbonyl (C=O) groups excluding carboxylic acids is 2. The minimum Gasteiger partial charge on any atom is -0.493 e. The number of fused-ring (bicyclic) bond motifs is 1. The van der Waals surface area contributed by atoms with Crippen molar-refractivity contribution in [3.8, 4) is 11.5 Å². The molecule has 2 amide bonds. The van der Waals surface area contributed by atoms with Gasteiger partial charge in [0, 0.05) is 18.8 Å². The molecule has 2 aromatic carbocycles. The molecule has 0 aliphatic carbocycles. The number of anilines is 1. The second-order valence-electron chi connectivity index (χ2n) is 6.13. The van der Waals surface area contributed by atoms with Crippen molar-refractivity contribution in [1.82, 2.24) is 4.90 Å². The number of benzene rings is 2. The highest BCUT2D eigenvalue weighted by molar-refractivity contribution is 6.03. The Kier molecular flexibility index (Phi) is 5.41. The van der Waals surface area contributed by atoms with Crippen LogP contribution in [0.3, 0.4) is 0 Å². The Morgan fingerprint density at radius 2 is 1.69 bits per heavy atom. The lowest BCUT2D eigenvalue weighted by atomic mass is 9.98. The summed E-state index contributed by atoms with van der Waals surface area (Å²) >= 11 is 0. The van der Waals surface area contributed by atoms with E-state index in [2.05, 4.69) is 5.32 Å². The molecule has 0 bridgehead atoms. The van der Waals surface area contributed by atoms with E-state index in [1.807, 2.05) is 30.3 Å². The van der Waals surface area contributed by atoms with Crippen molar-refractivity contribution in [2.24, 2.45) is 0 Å². The number of hydrogen-bond donors (Lipinski definition) is 1. The number of nitrogens with one attached hydrogen (secondary N) is 1. The normalized spacial score (nSPS) is 12.9. The SMILES string of the molecule is COc1cc2c(cc1OC)CN(C(=O)CC(=O)Nc1ccccc1)CC2. The fourth-order valence-electron chi connectivity index (χ4n) is 3.07. The Morgan fingerprint density at radius 3 is 2.35 bits per heavy atom. The summed E-state index contributed by atoms with van der Waals surface area (Å²) in [6, 6.07) is 13.0. The number of nitrogens with zero attached hydrogens (tertiary/aromatic N) is 1. The van der Waals surface area contributed by atoms with Crippen LogP contribution in [0.15, 0.2) is 42.5 Å². The first-order valence-corrected chi connectivity index (χ1v) is 8.47. The molecule has 0 spiro atoms. The van der Waals surface area contributed by atoms with Gasteiger partial charge in [-0.25, -0.2) is 0 Å². The Labute approximate surface area is 152 Å². The number of carbonyl (C=O) groups is 2. The van der Waals surface area contributed by atoms with Crippen LogP contribution in [-0.2, 0) is 22.6 Å². The summed E-state index contributed by atoms with van der Waals surface area (Å²) in [7, 11) is 3.19. The summed E-state index contributed by atoms with van der Waals surface area (Å²) in [4.78, 5) is 26.3. The third kappa shape index (κ3) is 3.96. The Hall–Kier alpha value is -3.02. The van der Waals surface area contributed by atoms with Crippen molar-refractivity contribution < 1.29 is 19.1 Å². The standard InChI is InChI=1S/C20H22N2O4/c1-25-17-10-14-8-9-22(13-15(14)11-18(17)26-2)20(24)12-19(23)21-16-6-4-3-5-7-16/h3-7,10-11H,8-9,12-13H2,1-2H3,(H,21,23). The van der Waals surface area contributed by atoms with Gasteiger partial charge in [0.05, 0.1) is 14.2 Å². The zero-order chi connectivity index (χ0) is 18.5. The third-order valence-corrected chi connectivity index (χ3v) is 4.44. The quantitative estimate of drug-likeness (QED) is 0.838. The first kappa shape index (κ1) is 17.8. The molecule has 0 saturated heterocycles. The lowest BCUT2D eigenvalue weighted by molar-refractivity contribution is -0.135. The zero-order valence-corrected chi connectivity index (χ0v) is 15.0. The lowest BCUT2D eigenvalue weighted by Crippen LogP contribution is -2.37. The molecule has 1 heterocycles. The van der Waals surface area contributed by atoms with Gasteiger partial charge in [-0.15, -0.1) is 0 Å². The molecule has 136 valence electrons. The predicted octanol–water partition coefficient (Wildman–Crippen LogP) is 2.62. The van der Waals surface area contributed by atoms with Gasteiger partial charge < -0.3 is 19.7 Å². The number of para-hydroxylation sites is 1. The molecule has 26 heavy (non-hydrogen) atoms. The van der Waals surface area contributed by atoms with Crippen LogP contribution in [0.2, 0.25) is 0 Å². The molecule has 1 aliphatic rings. The smallest absolute Gasteiger partial charge is 0.233 e. The maximum absolute atomic E-state index is 12.5. The van der Waals surface area contributed by atoms with E-state index in [1.165, 1.54) is 0 Å². The third-order valence-electron chi connectivity index (χ3n) is 4.44. The van der Waals surface area contributed by atoms with Gasteiger partial charge in [-0.05, 0) is 41.8 Å². The average Bonchev–Trinajstić information content (AvgIpc) is 2.66. The van der Waals surface area contributed by atoms with Gasteiger partial charge in [0.2, 0.25) is 11.8 Å². The van der Waals surface area contributed by atoms with Crippen molar-refractivity contribution in [3.63, 3.8) is 0 Å². The van der Waals surface area contributed by atoms with Gasteiger partial charge in [0.25, 0.3) is 0 Å². The van der Waals surface area contributed by atoms with Crippen LogP contribution < -0.4 is 14.8 Å². The number of hydrogen-bond acceptors (Lipinski definition) is 4. The molecule has 3 rings (SSSR count). The summed E-state index contributed by atoms with van der Waals surface area (Å²) in [5, 5.41) is 2.74. The summed E-state index contributed by atoms with van der Waals surface area (Å²) in [6.45, 7) is 1.05. The molecule has 0 unspecified atom stereocenters. The van der Waals surface area contributed by atoms with Crippen LogP contribution in [-0.4, -0.2) is 37.5 Å². The van der Waals surface area contributed by atoms with E-state index in [0.717, 1.165) is 17.5 Å². The predicted molar refractivity (Wildman–Crippen MR) is 98.4 cm³/mol. The average molecular weight is 354 g/mol. The van der Waals surface area contributed by atoms with Crippen LogP contribution in [0.5, 0.6) is 11.5 Å². The second-order valence-corrected chi connectivity index (χ2v) is 6.13. The van der Waals surface area contributed by atoms with Crippen LogP contribution in [0.25, 0.3) is 0 Å². The minimum atomic E-state index is -0.306. The van der Waals surface area contributed by atoms with E-state index in [9.17, 15) is 9.59 Å². The van der Waals surface area contributed by atoms with Crippen LogP contribution in [0.4, 0.5) is 5.69 Å². The molecule has 0 saturated carbocycles. The summed E-state index contributed by atoms with van der Waals surface area (Å²) in [5.41, 5.74) is 2.84. The molecule has 1 aliphatic heterocycles. The van der Waals surface area contributed by atoms with Crippen LogP contribution >= 0.6 is 0 Å². The summed E-state index contributed by atoms with van der Waals surface area (Å²) < 4.78 is 10.7. The van der Waals surface area contributed by atoms with Crippen molar-refractivity contribution in [2.45, 2.75) is 19.4 Å². The molecule has 0 fully saturated rings. The summed E-state index contributed by atoms with van der Waals surface area (Å²) in [5.74, 6) is 0.841. The Morgan fingerprint density at radius 1 is 1.04 bits per heavy atom. The van der Waals surface area contributed by atoms with Gasteiger partial charge in [0.1, 0.15) is 6.42 Å². The largest absolute Gasteiger partial charge is 0.493 e.